The number of methoxy groups -OCH3 is 1. The number of para-hydroxylation sites is 2. The van der Waals surface area contributed by atoms with E-state index in [9.17, 15) is 4.79 Å². The van der Waals surface area contributed by atoms with Gasteiger partial charge in [-0.3, -0.25) is 4.79 Å². The second kappa shape index (κ2) is 8.86. The number of carbonyl (C=O) groups is 1. The maximum atomic E-state index is 12.3. The molecular formula is C18H24N4O2. The van der Waals surface area contributed by atoms with Crippen LogP contribution in [0.5, 0.6) is 5.75 Å². The number of amides is 1. The van der Waals surface area contributed by atoms with Gasteiger partial charge in [0.25, 0.3) is 5.91 Å². The van der Waals surface area contributed by atoms with Gasteiger partial charge in [-0.25, -0.2) is 0 Å². The average molecular weight is 328 g/mol. The standard InChI is InChI=1S/C18H24N4O2/c1-4-12-22(13-5-2)17-11-10-15(20-21-17)18(23)19-14-8-6-7-9-16(14)24-3/h6-11H,4-5,12-13H2,1-3H3,(H,19,23). The molecule has 1 heterocycles. The van der Waals surface area contributed by atoms with Gasteiger partial charge in [-0.1, -0.05) is 26.0 Å². The van der Waals surface area contributed by atoms with E-state index in [1.54, 1.807) is 25.3 Å². The van der Waals surface area contributed by atoms with Crippen LogP contribution in [0, 0.1) is 0 Å². The van der Waals surface area contributed by atoms with Crippen molar-refractivity contribution < 1.29 is 9.53 Å². The Labute approximate surface area is 142 Å². The summed E-state index contributed by atoms with van der Waals surface area (Å²) in [5, 5.41) is 11.1. The summed E-state index contributed by atoms with van der Waals surface area (Å²) < 4.78 is 5.23. The molecule has 2 rings (SSSR count). The quantitative estimate of drug-likeness (QED) is 0.805. The minimum atomic E-state index is -0.309. The number of benzene rings is 1. The number of aromatic nitrogens is 2. The fourth-order valence-corrected chi connectivity index (χ4v) is 2.43. The van der Waals surface area contributed by atoms with Gasteiger partial charge in [-0.2, -0.15) is 0 Å². The molecule has 0 atom stereocenters. The molecule has 0 aliphatic rings. The first kappa shape index (κ1) is 17.7. The van der Waals surface area contributed by atoms with Crippen LogP contribution in [0.25, 0.3) is 0 Å². The molecule has 1 aromatic carbocycles. The fraction of sp³-hybridized carbons (Fsp3) is 0.389. The van der Waals surface area contributed by atoms with Gasteiger partial charge >= 0.3 is 0 Å². The lowest BCUT2D eigenvalue weighted by Gasteiger charge is -2.21. The van der Waals surface area contributed by atoms with Gasteiger partial charge in [-0.05, 0) is 37.1 Å². The number of hydrogen-bond acceptors (Lipinski definition) is 5. The number of carbonyl (C=O) groups excluding carboxylic acids is 1. The van der Waals surface area contributed by atoms with Crippen molar-refractivity contribution in [3.05, 3.63) is 42.1 Å². The van der Waals surface area contributed by atoms with Crippen LogP contribution in [-0.2, 0) is 0 Å². The lowest BCUT2D eigenvalue weighted by atomic mass is 10.2. The second-order valence-corrected chi connectivity index (χ2v) is 5.42. The van der Waals surface area contributed by atoms with Crippen molar-refractivity contribution in [2.45, 2.75) is 26.7 Å². The van der Waals surface area contributed by atoms with E-state index in [2.05, 4.69) is 34.3 Å². The van der Waals surface area contributed by atoms with Crippen molar-refractivity contribution >= 4 is 17.4 Å². The van der Waals surface area contributed by atoms with Gasteiger partial charge in [0.15, 0.2) is 11.5 Å². The highest BCUT2D eigenvalue weighted by atomic mass is 16.5. The number of ether oxygens (including phenoxy) is 1. The molecule has 0 radical (unpaired) electrons. The molecule has 6 heteroatoms. The molecule has 1 N–H and O–H groups in total. The topological polar surface area (TPSA) is 67.4 Å². The fourth-order valence-electron chi connectivity index (χ4n) is 2.43. The number of hydrogen-bond donors (Lipinski definition) is 1. The van der Waals surface area contributed by atoms with Gasteiger partial charge in [0.05, 0.1) is 12.8 Å². The Morgan fingerprint density at radius 1 is 1.08 bits per heavy atom. The monoisotopic (exact) mass is 328 g/mol. The Morgan fingerprint density at radius 3 is 2.38 bits per heavy atom. The van der Waals surface area contributed by atoms with Crippen molar-refractivity contribution in [1.82, 2.24) is 10.2 Å². The molecule has 6 nitrogen and oxygen atoms in total. The SMILES string of the molecule is CCCN(CCC)c1ccc(C(=O)Nc2ccccc2OC)nn1. The molecule has 0 aliphatic carbocycles. The van der Waals surface area contributed by atoms with Crippen LogP contribution in [0.1, 0.15) is 37.2 Å². The zero-order valence-corrected chi connectivity index (χ0v) is 14.5. The van der Waals surface area contributed by atoms with Crippen molar-refractivity contribution in [2.75, 3.05) is 30.4 Å². The molecule has 0 fully saturated rings. The second-order valence-electron chi connectivity index (χ2n) is 5.42. The summed E-state index contributed by atoms with van der Waals surface area (Å²) in [6, 6.07) is 10.8. The molecule has 0 saturated heterocycles. The average Bonchev–Trinajstić information content (AvgIpc) is 2.62. The Morgan fingerprint density at radius 2 is 1.79 bits per heavy atom. The third-order valence-corrected chi connectivity index (χ3v) is 3.55. The molecule has 0 saturated carbocycles. The number of anilines is 2. The van der Waals surface area contributed by atoms with Gasteiger partial charge in [0, 0.05) is 13.1 Å². The normalized spacial score (nSPS) is 10.3. The zero-order chi connectivity index (χ0) is 17.4. The lowest BCUT2D eigenvalue weighted by molar-refractivity contribution is 0.102. The maximum absolute atomic E-state index is 12.3. The molecule has 128 valence electrons. The van der Waals surface area contributed by atoms with Crippen molar-refractivity contribution in [3.8, 4) is 5.75 Å². The molecule has 0 unspecified atom stereocenters. The summed E-state index contributed by atoms with van der Waals surface area (Å²) in [6.45, 7) is 6.11. The van der Waals surface area contributed by atoms with E-state index in [1.165, 1.54) is 0 Å². The third-order valence-electron chi connectivity index (χ3n) is 3.55. The van der Waals surface area contributed by atoms with Crippen LogP contribution in [0.4, 0.5) is 11.5 Å². The minimum absolute atomic E-state index is 0.276. The molecule has 0 aliphatic heterocycles. The summed E-state index contributed by atoms with van der Waals surface area (Å²) in [5.41, 5.74) is 0.882. The highest BCUT2D eigenvalue weighted by Gasteiger charge is 2.13. The van der Waals surface area contributed by atoms with Crippen LogP contribution in [-0.4, -0.2) is 36.3 Å². The van der Waals surface area contributed by atoms with Gasteiger partial charge in [0.2, 0.25) is 0 Å². The number of rotatable bonds is 8. The first-order chi connectivity index (χ1) is 11.7. The Bertz CT molecular complexity index is 652. The van der Waals surface area contributed by atoms with E-state index in [1.807, 2.05) is 18.2 Å². The van der Waals surface area contributed by atoms with Gasteiger partial charge < -0.3 is 15.0 Å². The third kappa shape index (κ3) is 4.44. The first-order valence-electron chi connectivity index (χ1n) is 8.22. The first-order valence-corrected chi connectivity index (χ1v) is 8.22. The van der Waals surface area contributed by atoms with Crippen molar-refractivity contribution in [2.24, 2.45) is 0 Å². The van der Waals surface area contributed by atoms with E-state index in [4.69, 9.17) is 4.74 Å². The molecule has 0 spiro atoms. The van der Waals surface area contributed by atoms with E-state index in [0.717, 1.165) is 31.7 Å². The molecule has 1 amide bonds. The van der Waals surface area contributed by atoms with Gasteiger partial charge in [0.1, 0.15) is 5.75 Å². The summed E-state index contributed by atoms with van der Waals surface area (Å²) in [7, 11) is 1.57. The van der Waals surface area contributed by atoms with Crippen molar-refractivity contribution in [3.63, 3.8) is 0 Å². The van der Waals surface area contributed by atoms with Crippen LogP contribution in [0.3, 0.4) is 0 Å². The summed E-state index contributed by atoms with van der Waals surface area (Å²) in [5.74, 6) is 1.09. The highest BCUT2D eigenvalue weighted by molar-refractivity contribution is 6.03. The maximum Gasteiger partial charge on any atom is 0.276 e. The number of nitrogens with one attached hydrogen (secondary N) is 1. The summed E-state index contributed by atoms with van der Waals surface area (Å²) in [4.78, 5) is 14.5. The van der Waals surface area contributed by atoms with E-state index in [-0.39, 0.29) is 11.6 Å². The van der Waals surface area contributed by atoms with E-state index < -0.39 is 0 Å². The Hall–Kier alpha value is -2.63. The lowest BCUT2D eigenvalue weighted by Crippen LogP contribution is -2.26. The predicted molar refractivity (Wildman–Crippen MR) is 95.8 cm³/mol. The van der Waals surface area contributed by atoms with Gasteiger partial charge in [-0.15, -0.1) is 10.2 Å². The smallest absolute Gasteiger partial charge is 0.276 e. The van der Waals surface area contributed by atoms with E-state index >= 15 is 0 Å². The minimum Gasteiger partial charge on any atom is -0.495 e. The predicted octanol–water partition coefficient (Wildman–Crippen LogP) is 3.36. The van der Waals surface area contributed by atoms with Crippen LogP contribution in [0.15, 0.2) is 36.4 Å². The van der Waals surface area contributed by atoms with Crippen molar-refractivity contribution in [1.29, 1.82) is 0 Å². The number of nitrogens with zero attached hydrogens (tertiary/aromatic N) is 3. The Kier molecular flexibility index (Phi) is 6.54. The summed E-state index contributed by atoms with van der Waals surface area (Å²) >= 11 is 0. The Balaban J connectivity index is 2.10. The molecular weight excluding hydrogens is 304 g/mol. The molecule has 0 bridgehead atoms. The largest absolute Gasteiger partial charge is 0.495 e. The molecule has 1 aromatic heterocycles. The highest BCUT2D eigenvalue weighted by Crippen LogP contribution is 2.23. The molecule has 2 aromatic rings. The molecule has 24 heavy (non-hydrogen) atoms. The van der Waals surface area contributed by atoms with E-state index in [0.29, 0.717) is 11.4 Å². The van der Waals surface area contributed by atoms with Crippen LogP contribution in [0.2, 0.25) is 0 Å². The van der Waals surface area contributed by atoms with Crippen LogP contribution < -0.4 is 15.0 Å². The van der Waals surface area contributed by atoms with Crippen LogP contribution >= 0.6 is 0 Å². The summed E-state index contributed by atoms with van der Waals surface area (Å²) in [6.07, 6.45) is 2.08. The zero-order valence-electron chi connectivity index (χ0n) is 14.5.